The summed E-state index contributed by atoms with van der Waals surface area (Å²) in [7, 11) is 0. The van der Waals surface area contributed by atoms with Crippen molar-refractivity contribution >= 4 is 62.7 Å². The van der Waals surface area contributed by atoms with Crippen molar-refractivity contribution in [2.75, 3.05) is 16.0 Å². The van der Waals surface area contributed by atoms with Crippen LogP contribution in [-0.4, -0.2) is 15.1 Å². The summed E-state index contributed by atoms with van der Waals surface area (Å²) in [5.74, 6) is 0.733. The maximum absolute atomic E-state index is 5.91. The lowest BCUT2D eigenvalue weighted by Gasteiger charge is -2.13. The number of benzene rings is 3. The van der Waals surface area contributed by atoms with Crippen molar-refractivity contribution in [1.82, 2.24) is 9.97 Å². The van der Waals surface area contributed by atoms with E-state index in [1.165, 1.54) is 0 Å². The minimum atomic E-state index is 0.482. The smallest absolute Gasteiger partial charge is 0.175 e. The van der Waals surface area contributed by atoms with Crippen molar-refractivity contribution in [2.24, 2.45) is 0 Å². The van der Waals surface area contributed by atoms with Crippen LogP contribution in [0.1, 0.15) is 0 Å². The van der Waals surface area contributed by atoms with Gasteiger partial charge < -0.3 is 16.0 Å². The van der Waals surface area contributed by atoms with Crippen molar-refractivity contribution in [1.29, 1.82) is 0 Å². The standard InChI is InChI=1S/C21H16ClN5S/c22-14-6-8-16(9-7-14)26-21(28)27-17-10-11-19-18(12-17)20(24-13-23-19)25-15-4-2-1-3-5-15/h1-13H,(H,23,24,25)(H2,26,27,28). The van der Waals surface area contributed by atoms with Crippen LogP contribution in [0, 0.1) is 0 Å². The first-order valence-corrected chi connectivity index (χ1v) is 9.36. The average Bonchev–Trinajstić information content (AvgIpc) is 2.71. The van der Waals surface area contributed by atoms with Crippen molar-refractivity contribution < 1.29 is 0 Å². The van der Waals surface area contributed by atoms with E-state index in [4.69, 9.17) is 23.8 Å². The van der Waals surface area contributed by atoms with Crippen LogP contribution < -0.4 is 16.0 Å². The fourth-order valence-electron chi connectivity index (χ4n) is 2.72. The number of rotatable bonds is 4. The second-order valence-electron chi connectivity index (χ2n) is 6.03. The number of nitrogens with zero attached hydrogens (tertiary/aromatic N) is 2. The van der Waals surface area contributed by atoms with E-state index >= 15 is 0 Å². The van der Waals surface area contributed by atoms with Crippen LogP contribution in [0.3, 0.4) is 0 Å². The first-order valence-electron chi connectivity index (χ1n) is 8.58. The topological polar surface area (TPSA) is 61.9 Å². The molecular formula is C21H16ClN5S. The molecule has 0 bridgehead atoms. The van der Waals surface area contributed by atoms with E-state index in [0.717, 1.165) is 33.8 Å². The molecule has 138 valence electrons. The minimum absolute atomic E-state index is 0.482. The molecule has 0 unspecified atom stereocenters. The third kappa shape index (κ3) is 4.36. The summed E-state index contributed by atoms with van der Waals surface area (Å²) < 4.78 is 0. The summed E-state index contributed by atoms with van der Waals surface area (Å²) in [5, 5.41) is 11.7. The SMILES string of the molecule is S=C(Nc1ccc(Cl)cc1)Nc1ccc2ncnc(Nc3ccccc3)c2c1. The van der Waals surface area contributed by atoms with Crippen LogP contribution in [-0.2, 0) is 0 Å². The number of hydrogen-bond acceptors (Lipinski definition) is 4. The lowest BCUT2D eigenvalue weighted by Crippen LogP contribution is -2.18. The summed E-state index contributed by atoms with van der Waals surface area (Å²) in [6, 6.07) is 23.1. The Labute approximate surface area is 172 Å². The van der Waals surface area contributed by atoms with Crippen LogP contribution >= 0.6 is 23.8 Å². The molecule has 0 saturated heterocycles. The Bertz CT molecular complexity index is 1120. The normalized spacial score (nSPS) is 10.5. The van der Waals surface area contributed by atoms with E-state index in [1.807, 2.05) is 60.7 Å². The Kier molecular flexibility index (Phi) is 5.32. The summed E-state index contributed by atoms with van der Waals surface area (Å²) in [5.41, 5.74) is 3.50. The van der Waals surface area contributed by atoms with E-state index in [1.54, 1.807) is 18.5 Å². The zero-order valence-corrected chi connectivity index (χ0v) is 16.3. The molecule has 0 aliphatic rings. The van der Waals surface area contributed by atoms with Crippen molar-refractivity contribution in [2.45, 2.75) is 0 Å². The molecule has 0 aliphatic carbocycles. The maximum Gasteiger partial charge on any atom is 0.175 e. The van der Waals surface area contributed by atoms with Gasteiger partial charge in [0.05, 0.1) is 5.52 Å². The Morgan fingerprint density at radius 1 is 0.786 bits per heavy atom. The van der Waals surface area contributed by atoms with Crippen LogP contribution in [0.4, 0.5) is 22.9 Å². The van der Waals surface area contributed by atoms with E-state index < -0.39 is 0 Å². The molecule has 1 aromatic heterocycles. The maximum atomic E-state index is 5.91. The van der Waals surface area contributed by atoms with Crippen LogP contribution in [0.5, 0.6) is 0 Å². The highest BCUT2D eigenvalue weighted by molar-refractivity contribution is 7.80. The lowest BCUT2D eigenvalue weighted by atomic mass is 10.2. The van der Waals surface area contributed by atoms with Crippen LogP contribution in [0.25, 0.3) is 10.9 Å². The zero-order valence-electron chi connectivity index (χ0n) is 14.7. The molecule has 0 spiro atoms. The van der Waals surface area contributed by atoms with Crippen LogP contribution in [0.2, 0.25) is 5.02 Å². The number of para-hydroxylation sites is 1. The van der Waals surface area contributed by atoms with Gasteiger partial charge in [0.15, 0.2) is 5.11 Å². The number of nitrogens with one attached hydrogen (secondary N) is 3. The first kappa shape index (κ1) is 18.2. The van der Waals surface area contributed by atoms with Crippen LogP contribution in [0.15, 0.2) is 79.1 Å². The number of anilines is 4. The second kappa shape index (κ2) is 8.21. The molecule has 0 amide bonds. The predicted molar refractivity (Wildman–Crippen MR) is 121 cm³/mol. The molecule has 0 radical (unpaired) electrons. The Hall–Kier alpha value is -3.22. The van der Waals surface area contributed by atoms with E-state index in [2.05, 4.69) is 25.9 Å². The first-order chi connectivity index (χ1) is 13.7. The van der Waals surface area contributed by atoms with Gasteiger partial charge in [-0.25, -0.2) is 9.97 Å². The second-order valence-corrected chi connectivity index (χ2v) is 6.88. The molecule has 3 N–H and O–H groups in total. The highest BCUT2D eigenvalue weighted by atomic mass is 35.5. The summed E-state index contributed by atoms with van der Waals surface area (Å²) >= 11 is 11.3. The third-order valence-corrected chi connectivity index (χ3v) is 4.49. The minimum Gasteiger partial charge on any atom is -0.340 e. The van der Waals surface area contributed by atoms with Crippen molar-refractivity contribution in [3.8, 4) is 0 Å². The van der Waals surface area contributed by atoms with Gasteiger partial charge in [0.2, 0.25) is 0 Å². The van der Waals surface area contributed by atoms with E-state index in [0.29, 0.717) is 10.1 Å². The number of aromatic nitrogens is 2. The van der Waals surface area contributed by atoms with Gasteiger partial charge in [-0.2, -0.15) is 0 Å². The average molecular weight is 406 g/mol. The summed E-state index contributed by atoms with van der Waals surface area (Å²) in [6.45, 7) is 0. The van der Waals surface area contributed by atoms with Gasteiger partial charge in [0.1, 0.15) is 12.1 Å². The summed E-state index contributed by atoms with van der Waals surface area (Å²) in [4.78, 5) is 8.73. The lowest BCUT2D eigenvalue weighted by molar-refractivity contribution is 1.22. The van der Waals surface area contributed by atoms with Gasteiger partial charge in [-0.3, -0.25) is 0 Å². The third-order valence-electron chi connectivity index (χ3n) is 4.03. The molecule has 4 aromatic rings. The number of halogens is 1. The Morgan fingerprint density at radius 2 is 1.50 bits per heavy atom. The molecule has 4 rings (SSSR count). The van der Waals surface area contributed by atoms with Crippen molar-refractivity contribution in [3.63, 3.8) is 0 Å². The van der Waals surface area contributed by atoms with E-state index in [9.17, 15) is 0 Å². The van der Waals surface area contributed by atoms with Gasteiger partial charge in [0.25, 0.3) is 0 Å². The molecule has 1 heterocycles. The Morgan fingerprint density at radius 3 is 2.29 bits per heavy atom. The zero-order chi connectivity index (χ0) is 19.3. The largest absolute Gasteiger partial charge is 0.340 e. The van der Waals surface area contributed by atoms with Gasteiger partial charge in [-0.05, 0) is 66.8 Å². The number of hydrogen-bond donors (Lipinski definition) is 3. The fraction of sp³-hybridized carbons (Fsp3) is 0. The van der Waals surface area contributed by atoms with Gasteiger partial charge in [-0.15, -0.1) is 0 Å². The molecule has 28 heavy (non-hydrogen) atoms. The monoisotopic (exact) mass is 405 g/mol. The quantitative estimate of drug-likeness (QED) is 0.371. The molecule has 3 aromatic carbocycles. The van der Waals surface area contributed by atoms with Gasteiger partial charge in [-0.1, -0.05) is 29.8 Å². The van der Waals surface area contributed by atoms with E-state index in [-0.39, 0.29) is 0 Å². The highest BCUT2D eigenvalue weighted by Crippen LogP contribution is 2.26. The molecule has 0 atom stereocenters. The highest BCUT2D eigenvalue weighted by Gasteiger charge is 2.07. The molecular weight excluding hydrogens is 390 g/mol. The molecule has 7 heteroatoms. The summed E-state index contributed by atoms with van der Waals surface area (Å²) in [6.07, 6.45) is 1.55. The van der Waals surface area contributed by atoms with Gasteiger partial charge >= 0.3 is 0 Å². The van der Waals surface area contributed by atoms with Gasteiger partial charge in [0, 0.05) is 27.5 Å². The Balaban J connectivity index is 1.55. The molecule has 0 fully saturated rings. The number of thiocarbonyl (C=S) groups is 1. The molecule has 0 saturated carbocycles. The fourth-order valence-corrected chi connectivity index (χ4v) is 3.08. The van der Waals surface area contributed by atoms with Crippen molar-refractivity contribution in [3.05, 3.63) is 84.1 Å². The number of fused-ring (bicyclic) bond motifs is 1. The molecule has 5 nitrogen and oxygen atoms in total. The predicted octanol–water partition coefficient (Wildman–Crippen LogP) is 5.84. The molecule has 0 aliphatic heterocycles.